The van der Waals surface area contributed by atoms with Crippen molar-refractivity contribution < 1.29 is 14.6 Å². The molecule has 0 aliphatic carbocycles. The van der Waals surface area contributed by atoms with E-state index in [9.17, 15) is 9.90 Å². The topological polar surface area (TPSA) is 53.0 Å². The minimum absolute atomic E-state index is 0.0159. The molecule has 1 amide bonds. The summed E-state index contributed by atoms with van der Waals surface area (Å²) in [6.45, 7) is 3.75. The van der Waals surface area contributed by atoms with E-state index >= 15 is 0 Å². The monoisotopic (exact) mass is 366 g/mol. The minimum atomic E-state index is -0.255. The Morgan fingerprint density at radius 3 is 2.41 bits per heavy atom. The quantitative estimate of drug-likeness (QED) is 0.904. The summed E-state index contributed by atoms with van der Waals surface area (Å²) in [7, 11) is 0. The van der Waals surface area contributed by atoms with Crippen LogP contribution in [0.2, 0.25) is 0 Å². The van der Waals surface area contributed by atoms with Crippen LogP contribution < -0.4 is 4.90 Å². The largest absolute Gasteiger partial charge is 0.508 e. The molecule has 2 aromatic rings. The van der Waals surface area contributed by atoms with Gasteiger partial charge in [-0.05, 0) is 49.1 Å². The van der Waals surface area contributed by atoms with Crippen molar-refractivity contribution in [2.24, 2.45) is 0 Å². The standard InChI is InChI=1S/C22H26N2O3/c25-20-8-6-19(7-9-20)24-17-22(27-16-21(24)26)11-14-23(15-12-22)13-10-18-4-2-1-3-5-18/h1-9,25H,10-17H2. The lowest BCUT2D eigenvalue weighted by atomic mass is 9.89. The molecule has 5 nitrogen and oxygen atoms in total. The van der Waals surface area contributed by atoms with Crippen LogP contribution in [0.15, 0.2) is 54.6 Å². The van der Waals surface area contributed by atoms with Gasteiger partial charge >= 0.3 is 0 Å². The molecule has 2 saturated heterocycles. The third-order valence-corrected chi connectivity index (χ3v) is 5.74. The molecule has 0 aromatic heterocycles. The summed E-state index contributed by atoms with van der Waals surface area (Å²) < 4.78 is 6.04. The summed E-state index contributed by atoms with van der Waals surface area (Å²) >= 11 is 0. The van der Waals surface area contributed by atoms with E-state index in [1.54, 1.807) is 24.3 Å². The Balaban J connectivity index is 1.35. The first-order valence-corrected chi connectivity index (χ1v) is 9.63. The number of amides is 1. The molecule has 2 heterocycles. The smallest absolute Gasteiger partial charge is 0.253 e. The van der Waals surface area contributed by atoms with E-state index in [0.29, 0.717) is 6.54 Å². The van der Waals surface area contributed by atoms with Gasteiger partial charge in [-0.3, -0.25) is 4.79 Å². The van der Waals surface area contributed by atoms with Crippen molar-refractivity contribution in [3.05, 3.63) is 60.2 Å². The van der Waals surface area contributed by atoms with Gasteiger partial charge in [-0.1, -0.05) is 30.3 Å². The van der Waals surface area contributed by atoms with Gasteiger partial charge in [-0.2, -0.15) is 0 Å². The molecule has 2 aliphatic rings. The lowest BCUT2D eigenvalue weighted by molar-refractivity contribution is -0.144. The van der Waals surface area contributed by atoms with Gasteiger partial charge in [0.05, 0.1) is 12.1 Å². The van der Waals surface area contributed by atoms with Crippen molar-refractivity contribution >= 4 is 11.6 Å². The minimum Gasteiger partial charge on any atom is -0.508 e. The van der Waals surface area contributed by atoms with Crippen molar-refractivity contribution in [3.8, 4) is 5.75 Å². The second kappa shape index (κ2) is 7.71. The fourth-order valence-electron chi connectivity index (χ4n) is 4.00. The van der Waals surface area contributed by atoms with E-state index in [1.165, 1.54) is 5.56 Å². The predicted molar refractivity (Wildman–Crippen MR) is 105 cm³/mol. The maximum Gasteiger partial charge on any atom is 0.253 e. The average molecular weight is 366 g/mol. The number of carbonyl (C=O) groups excluding carboxylic acids is 1. The molecule has 1 N–H and O–H groups in total. The Hall–Kier alpha value is -2.37. The summed E-state index contributed by atoms with van der Waals surface area (Å²) in [5.74, 6) is 0.193. The number of carbonyl (C=O) groups is 1. The lowest BCUT2D eigenvalue weighted by Crippen LogP contribution is -2.59. The number of likely N-dealkylation sites (tertiary alicyclic amines) is 1. The number of piperidine rings is 1. The highest BCUT2D eigenvalue weighted by atomic mass is 16.5. The first kappa shape index (κ1) is 18.0. The molecule has 0 saturated carbocycles. The van der Waals surface area contributed by atoms with E-state index in [1.807, 2.05) is 4.90 Å². The highest BCUT2D eigenvalue weighted by Gasteiger charge is 2.42. The fraction of sp³-hybridized carbons (Fsp3) is 0.409. The van der Waals surface area contributed by atoms with E-state index in [2.05, 4.69) is 35.2 Å². The number of hydrogen-bond donors (Lipinski definition) is 1. The van der Waals surface area contributed by atoms with Crippen molar-refractivity contribution in [1.29, 1.82) is 0 Å². The average Bonchev–Trinajstić information content (AvgIpc) is 2.71. The number of morpholine rings is 1. The van der Waals surface area contributed by atoms with Gasteiger partial charge in [0.25, 0.3) is 5.91 Å². The van der Waals surface area contributed by atoms with Crippen molar-refractivity contribution in [1.82, 2.24) is 4.90 Å². The third-order valence-electron chi connectivity index (χ3n) is 5.74. The molecular weight excluding hydrogens is 340 g/mol. The molecule has 2 fully saturated rings. The van der Waals surface area contributed by atoms with Gasteiger partial charge in [0.2, 0.25) is 0 Å². The van der Waals surface area contributed by atoms with Crippen LogP contribution in [0.5, 0.6) is 5.75 Å². The molecule has 1 spiro atoms. The number of phenols is 1. The molecule has 0 unspecified atom stereocenters. The Kier molecular flexibility index (Phi) is 5.14. The number of phenolic OH excluding ortho intramolecular Hbond substituents is 1. The number of rotatable bonds is 4. The fourth-order valence-corrected chi connectivity index (χ4v) is 4.00. The number of benzene rings is 2. The molecule has 27 heavy (non-hydrogen) atoms. The van der Waals surface area contributed by atoms with Crippen LogP contribution in [0.25, 0.3) is 0 Å². The highest BCUT2D eigenvalue weighted by molar-refractivity contribution is 5.95. The SMILES string of the molecule is O=C1COC2(CCN(CCc3ccccc3)CC2)CN1c1ccc(O)cc1. The summed E-state index contributed by atoms with van der Waals surface area (Å²) in [6.07, 6.45) is 2.93. The van der Waals surface area contributed by atoms with E-state index in [4.69, 9.17) is 4.74 Å². The molecule has 0 atom stereocenters. The van der Waals surface area contributed by atoms with Crippen molar-refractivity contribution in [2.75, 3.05) is 37.7 Å². The zero-order valence-corrected chi connectivity index (χ0v) is 15.5. The van der Waals surface area contributed by atoms with Crippen LogP contribution in [0.1, 0.15) is 18.4 Å². The molecule has 2 aliphatic heterocycles. The molecule has 2 aromatic carbocycles. The van der Waals surface area contributed by atoms with Crippen LogP contribution in [0.4, 0.5) is 5.69 Å². The van der Waals surface area contributed by atoms with Gasteiger partial charge in [0.1, 0.15) is 12.4 Å². The number of ether oxygens (including phenoxy) is 1. The van der Waals surface area contributed by atoms with E-state index in [-0.39, 0.29) is 23.9 Å². The lowest BCUT2D eigenvalue weighted by Gasteiger charge is -2.47. The first-order chi connectivity index (χ1) is 13.1. The van der Waals surface area contributed by atoms with Crippen LogP contribution in [-0.2, 0) is 16.0 Å². The van der Waals surface area contributed by atoms with E-state index in [0.717, 1.165) is 44.6 Å². The summed E-state index contributed by atoms with van der Waals surface area (Å²) in [5.41, 5.74) is 1.94. The number of nitrogens with zero attached hydrogens (tertiary/aromatic N) is 2. The highest BCUT2D eigenvalue weighted by Crippen LogP contribution is 2.33. The summed E-state index contributed by atoms with van der Waals surface area (Å²) in [4.78, 5) is 16.7. The number of hydrogen-bond acceptors (Lipinski definition) is 4. The maximum atomic E-state index is 12.4. The molecule has 0 radical (unpaired) electrons. The predicted octanol–water partition coefficient (Wildman–Crippen LogP) is 2.83. The Bertz CT molecular complexity index is 768. The van der Waals surface area contributed by atoms with Gasteiger partial charge in [-0.25, -0.2) is 0 Å². The zero-order chi connectivity index (χ0) is 18.7. The van der Waals surface area contributed by atoms with Crippen molar-refractivity contribution in [2.45, 2.75) is 24.9 Å². The molecule has 5 heteroatoms. The molecule has 4 rings (SSSR count). The Morgan fingerprint density at radius 2 is 1.70 bits per heavy atom. The molecule has 0 bridgehead atoms. The Labute approximate surface area is 160 Å². The molecule has 142 valence electrons. The van der Waals surface area contributed by atoms with Crippen LogP contribution >= 0.6 is 0 Å². The molecular formula is C22H26N2O3. The van der Waals surface area contributed by atoms with Gasteiger partial charge in [-0.15, -0.1) is 0 Å². The summed E-state index contributed by atoms with van der Waals surface area (Å²) in [6, 6.07) is 17.4. The van der Waals surface area contributed by atoms with Gasteiger partial charge in [0.15, 0.2) is 0 Å². The van der Waals surface area contributed by atoms with E-state index < -0.39 is 0 Å². The maximum absolute atomic E-state index is 12.4. The van der Waals surface area contributed by atoms with Crippen molar-refractivity contribution in [3.63, 3.8) is 0 Å². The number of aromatic hydroxyl groups is 1. The Morgan fingerprint density at radius 1 is 1.00 bits per heavy atom. The first-order valence-electron chi connectivity index (χ1n) is 9.63. The third kappa shape index (κ3) is 4.15. The van der Waals surface area contributed by atoms with Crippen LogP contribution in [0.3, 0.4) is 0 Å². The van der Waals surface area contributed by atoms with Crippen LogP contribution in [-0.4, -0.2) is 54.3 Å². The second-order valence-corrected chi connectivity index (χ2v) is 7.55. The normalized spacial score (nSPS) is 20.1. The second-order valence-electron chi connectivity index (χ2n) is 7.55. The van der Waals surface area contributed by atoms with Gasteiger partial charge < -0.3 is 19.6 Å². The van der Waals surface area contributed by atoms with Crippen LogP contribution in [0, 0.1) is 0 Å². The van der Waals surface area contributed by atoms with Gasteiger partial charge in [0, 0.05) is 25.3 Å². The number of anilines is 1. The summed E-state index contributed by atoms with van der Waals surface area (Å²) in [5, 5.41) is 9.49. The zero-order valence-electron chi connectivity index (χ0n) is 15.5.